The molecule has 1 atom stereocenters. The van der Waals surface area contributed by atoms with E-state index >= 15 is 0 Å². The van der Waals surface area contributed by atoms with E-state index < -0.39 is 23.8 Å². The van der Waals surface area contributed by atoms with Crippen LogP contribution in [0.5, 0.6) is 5.88 Å². The minimum absolute atomic E-state index is 0.0404. The summed E-state index contributed by atoms with van der Waals surface area (Å²) in [6.45, 7) is 5.43. The minimum atomic E-state index is -4.58. The fraction of sp³-hybridized carbons (Fsp3) is 0.314. The number of methoxy groups -OCH3 is 1. The van der Waals surface area contributed by atoms with E-state index in [1.165, 1.54) is 24.3 Å². The Labute approximate surface area is 286 Å². The molecule has 3 heterocycles. The first-order valence-corrected chi connectivity index (χ1v) is 15.9. The molecule has 1 saturated carbocycles. The smallest absolute Gasteiger partial charge is 0.434 e. The highest BCUT2D eigenvalue weighted by Gasteiger charge is 2.36. The van der Waals surface area contributed by atoms with Crippen LogP contribution in [0.25, 0.3) is 22.8 Å². The monoisotopic (exact) mass is 684 g/mol. The molecular weight excluding hydrogens is 649 g/mol. The van der Waals surface area contributed by atoms with Crippen molar-refractivity contribution in [1.29, 1.82) is 5.41 Å². The Morgan fingerprint density at radius 3 is 2.30 bits per heavy atom. The van der Waals surface area contributed by atoms with E-state index in [0.717, 1.165) is 30.3 Å². The first-order chi connectivity index (χ1) is 23.9. The zero-order chi connectivity index (χ0) is 35.7. The first-order valence-electron chi connectivity index (χ1n) is 15.9. The summed E-state index contributed by atoms with van der Waals surface area (Å²) >= 11 is 0. The zero-order valence-corrected chi connectivity index (χ0v) is 27.8. The molecule has 3 N–H and O–H groups in total. The van der Waals surface area contributed by atoms with Gasteiger partial charge in [0.05, 0.1) is 31.1 Å². The van der Waals surface area contributed by atoms with Crippen LogP contribution in [0.4, 0.5) is 19.1 Å². The lowest BCUT2D eigenvalue weighted by Gasteiger charge is -2.30. The molecular formula is C35H35F3N10O2. The standard InChI is InChI=1S/C35H35F3N10O2/c1-19(2)47-16-27(35(36,37)38)45-32(47)23-13-9-21(10-14-23)20(3)48(15-26(39)24-7-5-6-8-25(24)30(40)49)34-44-18-42-31(46-34)28-29(22-11-12-22)41-17-43-33(28)50-4/h5-10,13-14,16-20,22,39H,11-12,15H2,1-4H3,(H2,40,49)/t20-/m1/s1. The molecule has 258 valence electrons. The van der Waals surface area contributed by atoms with Gasteiger partial charge in [0.1, 0.15) is 24.0 Å². The summed E-state index contributed by atoms with van der Waals surface area (Å²) in [4.78, 5) is 40.5. The predicted octanol–water partition coefficient (Wildman–Crippen LogP) is 6.41. The number of ether oxygens (including phenoxy) is 1. The average Bonchev–Trinajstić information content (AvgIpc) is 3.85. The molecule has 6 rings (SSSR count). The van der Waals surface area contributed by atoms with E-state index in [4.69, 9.17) is 20.9 Å². The van der Waals surface area contributed by atoms with Crippen molar-refractivity contribution in [3.8, 4) is 28.7 Å². The van der Waals surface area contributed by atoms with Gasteiger partial charge in [-0.05, 0) is 45.2 Å². The molecule has 0 saturated heterocycles. The van der Waals surface area contributed by atoms with E-state index in [0.29, 0.717) is 28.4 Å². The summed E-state index contributed by atoms with van der Waals surface area (Å²) in [5.41, 5.74) is 7.92. The van der Waals surface area contributed by atoms with Crippen molar-refractivity contribution < 1.29 is 22.7 Å². The number of primary amides is 1. The molecule has 1 amide bonds. The predicted molar refractivity (Wildman–Crippen MR) is 180 cm³/mol. The maximum atomic E-state index is 13.6. The van der Waals surface area contributed by atoms with Crippen LogP contribution in [0.2, 0.25) is 0 Å². The quantitative estimate of drug-likeness (QED) is 0.141. The van der Waals surface area contributed by atoms with Gasteiger partial charge < -0.3 is 25.3 Å². The molecule has 5 aromatic rings. The number of benzene rings is 2. The third-order valence-corrected chi connectivity index (χ3v) is 8.58. The van der Waals surface area contributed by atoms with Gasteiger partial charge in [0.15, 0.2) is 11.5 Å². The zero-order valence-electron chi connectivity index (χ0n) is 27.8. The molecule has 50 heavy (non-hydrogen) atoms. The largest absolute Gasteiger partial charge is 0.480 e. The third-order valence-electron chi connectivity index (χ3n) is 8.58. The Hall–Kier alpha value is -5.73. The highest BCUT2D eigenvalue weighted by atomic mass is 19.4. The summed E-state index contributed by atoms with van der Waals surface area (Å²) in [5, 5.41) is 9.08. The SMILES string of the molecule is COc1ncnc(C2CC2)c1-c1ncnc(N(CC(=N)c2ccccc2C(N)=O)[C@H](C)c2ccc(-c3nc(C(F)(F)F)cn3C(C)C)cc2)n1. The van der Waals surface area contributed by atoms with Crippen molar-refractivity contribution in [2.24, 2.45) is 5.73 Å². The highest BCUT2D eigenvalue weighted by molar-refractivity contribution is 6.10. The summed E-state index contributed by atoms with van der Waals surface area (Å²) in [6, 6.07) is 12.9. The summed E-state index contributed by atoms with van der Waals surface area (Å²) < 4.78 is 47.8. The van der Waals surface area contributed by atoms with Gasteiger partial charge >= 0.3 is 6.18 Å². The van der Waals surface area contributed by atoms with E-state index in [-0.39, 0.29) is 41.6 Å². The maximum Gasteiger partial charge on any atom is 0.434 e. The number of carbonyl (C=O) groups is 1. The molecule has 0 radical (unpaired) electrons. The van der Waals surface area contributed by atoms with Gasteiger partial charge in [0.25, 0.3) is 0 Å². The van der Waals surface area contributed by atoms with E-state index in [1.807, 2.05) is 6.92 Å². The van der Waals surface area contributed by atoms with Crippen molar-refractivity contribution in [2.45, 2.75) is 57.8 Å². The number of nitrogens with two attached hydrogens (primary N) is 1. The number of aromatic nitrogens is 7. The molecule has 2 aromatic carbocycles. The normalized spacial score (nSPS) is 13.7. The molecule has 1 aliphatic carbocycles. The number of amides is 1. The number of carbonyl (C=O) groups excluding carboxylic acids is 1. The lowest BCUT2D eigenvalue weighted by molar-refractivity contribution is -0.140. The fourth-order valence-corrected chi connectivity index (χ4v) is 5.79. The summed E-state index contributed by atoms with van der Waals surface area (Å²) in [5.74, 6) is 0.608. The molecule has 0 bridgehead atoms. The third kappa shape index (κ3) is 6.88. The summed E-state index contributed by atoms with van der Waals surface area (Å²) in [7, 11) is 1.51. The van der Waals surface area contributed by atoms with Gasteiger partial charge in [0, 0.05) is 34.8 Å². The van der Waals surface area contributed by atoms with Crippen molar-refractivity contribution in [1.82, 2.24) is 34.5 Å². The Morgan fingerprint density at radius 1 is 1.00 bits per heavy atom. The molecule has 0 spiro atoms. The maximum absolute atomic E-state index is 13.6. The van der Waals surface area contributed by atoms with Crippen LogP contribution in [0.15, 0.2) is 67.4 Å². The molecule has 12 nitrogen and oxygen atoms in total. The number of halogens is 3. The average molecular weight is 685 g/mol. The molecule has 0 unspecified atom stereocenters. The number of rotatable bonds is 12. The van der Waals surface area contributed by atoms with Crippen molar-refractivity contribution in [3.05, 3.63) is 95.5 Å². The van der Waals surface area contributed by atoms with Gasteiger partial charge in [-0.2, -0.15) is 18.2 Å². The van der Waals surface area contributed by atoms with E-state index in [2.05, 4.69) is 24.9 Å². The van der Waals surface area contributed by atoms with Crippen LogP contribution in [0, 0.1) is 5.41 Å². The van der Waals surface area contributed by atoms with E-state index in [1.54, 1.807) is 67.3 Å². The molecule has 1 fully saturated rings. The molecule has 15 heteroatoms. The second-order valence-corrected chi connectivity index (χ2v) is 12.3. The molecule has 1 aliphatic rings. The molecule has 0 aliphatic heterocycles. The van der Waals surface area contributed by atoms with Gasteiger partial charge in [-0.1, -0.05) is 42.5 Å². The fourth-order valence-electron chi connectivity index (χ4n) is 5.79. The van der Waals surface area contributed by atoms with Crippen molar-refractivity contribution in [2.75, 3.05) is 18.6 Å². The Morgan fingerprint density at radius 2 is 1.68 bits per heavy atom. The van der Waals surface area contributed by atoms with Crippen LogP contribution in [-0.4, -0.2) is 59.7 Å². The Bertz CT molecular complexity index is 2040. The number of nitrogens with zero attached hydrogens (tertiary/aromatic N) is 8. The lowest BCUT2D eigenvalue weighted by Crippen LogP contribution is -2.35. The summed E-state index contributed by atoms with van der Waals surface area (Å²) in [6.07, 6.45) is 1.19. The number of imidazole rings is 1. The second-order valence-electron chi connectivity index (χ2n) is 12.3. The Kier molecular flexibility index (Phi) is 9.32. The lowest BCUT2D eigenvalue weighted by atomic mass is 10.0. The van der Waals surface area contributed by atoms with Crippen LogP contribution >= 0.6 is 0 Å². The van der Waals surface area contributed by atoms with Gasteiger partial charge in [0.2, 0.25) is 17.7 Å². The minimum Gasteiger partial charge on any atom is -0.480 e. The van der Waals surface area contributed by atoms with Crippen LogP contribution in [0.3, 0.4) is 0 Å². The number of nitrogens with one attached hydrogen (secondary N) is 1. The van der Waals surface area contributed by atoms with Gasteiger partial charge in [-0.25, -0.2) is 24.9 Å². The topological polar surface area (TPSA) is 162 Å². The number of alkyl halides is 3. The van der Waals surface area contributed by atoms with Crippen LogP contribution in [-0.2, 0) is 6.18 Å². The van der Waals surface area contributed by atoms with Gasteiger partial charge in [-0.3, -0.25) is 4.79 Å². The number of hydrogen-bond acceptors (Lipinski definition) is 10. The first kappa shape index (κ1) is 34.1. The van der Waals surface area contributed by atoms with Crippen molar-refractivity contribution >= 4 is 17.6 Å². The van der Waals surface area contributed by atoms with Crippen LogP contribution < -0.4 is 15.4 Å². The van der Waals surface area contributed by atoms with Gasteiger partial charge in [-0.15, -0.1) is 0 Å². The molecule has 3 aromatic heterocycles. The number of hydrogen-bond donors (Lipinski definition) is 2. The van der Waals surface area contributed by atoms with E-state index in [9.17, 15) is 18.0 Å². The van der Waals surface area contributed by atoms with Crippen LogP contribution in [0.1, 0.15) is 84.5 Å². The second kappa shape index (κ2) is 13.6. The number of anilines is 1. The highest BCUT2D eigenvalue weighted by Crippen LogP contribution is 2.45. The Balaban J connectivity index is 1.41. The van der Waals surface area contributed by atoms with Crippen molar-refractivity contribution in [3.63, 3.8) is 0 Å².